The van der Waals surface area contributed by atoms with Gasteiger partial charge in [-0.2, -0.15) is 4.37 Å². The van der Waals surface area contributed by atoms with E-state index < -0.39 is 0 Å². The standard InChI is InChI=1S/C11H18N4S/c12-10-7-11(16-13-10)15-5-3-14(4-6-15)8-9-1-2-9/h7,9H,1-6,8H2,(H2,12,13). The molecule has 1 saturated heterocycles. The first-order chi connectivity index (χ1) is 7.81. The zero-order valence-electron chi connectivity index (χ0n) is 9.43. The van der Waals surface area contributed by atoms with Crippen molar-refractivity contribution < 1.29 is 0 Å². The second kappa shape index (κ2) is 4.22. The maximum Gasteiger partial charge on any atom is 0.139 e. The number of aromatic nitrogens is 1. The van der Waals surface area contributed by atoms with Crippen LogP contribution in [-0.4, -0.2) is 42.0 Å². The molecule has 2 heterocycles. The van der Waals surface area contributed by atoms with Crippen molar-refractivity contribution in [2.75, 3.05) is 43.4 Å². The van der Waals surface area contributed by atoms with Gasteiger partial charge in [-0.3, -0.25) is 4.90 Å². The molecule has 4 nitrogen and oxygen atoms in total. The molecule has 16 heavy (non-hydrogen) atoms. The summed E-state index contributed by atoms with van der Waals surface area (Å²) < 4.78 is 4.13. The van der Waals surface area contributed by atoms with E-state index in [1.165, 1.54) is 49.0 Å². The fourth-order valence-corrected chi connectivity index (χ4v) is 2.97. The summed E-state index contributed by atoms with van der Waals surface area (Å²) in [6.07, 6.45) is 2.90. The van der Waals surface area contributed by atoms with Crippen molar-refractivity contribution in [2.45, 2.75) is 12.8 Å². The van der Waals surface area contributed by atoms with E-state index >= 15 is 0 Å². The maximum atomic E-state index is 5.65. The Kier molecular flexibility index (Phi) is 2.73. The molecule has 2 fully saturated rings. The molecule has 0 bridgehead atoms. The van der Waals surface area contributed by atoms with Crippen LogP contribution in [0.2, 0.25) is 0 Å². The predicted molar refractivity (Wildman–Crippen MR) is 67.9 cm³/mol. The fraction of sp³-hybridized carbons (Fsp3) is 0.727. The second-order valence-electron chi connectivity index (χ2n) is 4.82. The third kappa shape index (κ3) is 2.30. The molecule has 1 aromatic heterocycles. The van der Waals surface area contributed by atoms with E-state index in [4.69, 9.17) is 5.73 Å². The Bertz CT molecular complexity index is 353. The summed E-state index contributed by atoms with van der Waals surface area (Å²) in [5, 5.41) is 1.23. The minimum atomic E-state index is 0.653. The van der Waals surface area contributed by atoms with E-state index in [1.54, 1.807) is 0 Å². The lowest BCUT2D eigenvalue weighted by Gasteiger charge is -2.35. The van der Waals surface area contributed by atoms with Gasteiger partial charge in [-0.05, 0) is 30.3 Å². The van der Waals surface area contributed by atoms with Crippen LogP contribution >= 0.6 is 11.5 Å². The highest BCUT2D eigenvalue weighted by molar-refractivity contribution is 7.10. The molecule has 0 spiro atoms. The minimum Gasteiger partial charge on any atom is -0.383 e. The Labute approximate surface area is 100 Å². The summed E-state index contributed by atoms with van der Waals surface area (Å²) in [6.45, 7) is 5.93. The molecule has 1 aliphatic heterocycles. The van der Waals surface area contributed by atoms with Crippen molar-refractivity contribution in [1.29, 1.82) is 0 Å². The van der Waals surface area contributed by atoms with Crippen molar-refractivity contribution in [3.8, 4) is 0 Å². The zero-order valence-corrected chi connectivity index (χ0v) is 10.2. The van der Waals surface area contributed by atoms with Crippen LogP contribution in [0.25, 0.3) is 0 Å². The summed E-state index contributed by atoms with van der Waals surface area (Å²) in [5.74, 6) is 1.66. The van der Waals surface area contributed by atoms with Crippen LogP contribution in [0, 0.1) is 5.92 Å². The summed E-state index contributed by atoms with van der Waals surface area (Å²) in [5.41, 5.74) is 5.65. The fourth-order valence-electron chi connectivity index (χ4n) is 2.24. The second-order valence-corrected chi connectivity index (χ2v) is 5.60. The molecule has 0 radical (unpaired) electrons. The first-order valence-corrected chi connectivity index (χ1v) is 6.78. The molecule has 2 aliphatic rings. The number of anilines is 2. The monoisotopic (exact) mass is 238 g/mol. The van der Waals surface area contributed by atoms with Crippen LogP contribution in [0.5, 0.6) is 0 Å². The molecular weight excluding hydrogens is 220 g/mol. The van der Waals surface area contributed by atoms with Crippen LogP contribution in [0.3, 0.4) is 0 Å². The third-order valence-corrected chi connectivity index (χ3v) is 4.28. The van der Waals surface area contributed by atoms with Gasteiger partial charge in [0.1, 0.15) is 10.8 Å². The quantitative estimate of drug-likeness (QED) is 0.861. The van der Waals surface area contributed by atoms with Gasteiger partial charge in [-0.1, -0.05) is 0 Å². The lowest BCUT2D eigenvalue weighted by Crippen LogP contribution is -2.46. The summed E-state index contributed by atoms with van der Waals surface area (Å²) in [4.78, 5) is 5.00. The third-order valence-electron chi connectivity index (χ3n) is 3.41. The first-order valence-electron chi connectivity index (χ1n) is 6.01. The predicted octanol–water partition coefficient (Wildman–Crippen LogP) is 1.26. The Morgan fingerprint density at radius 2 is 2.06 bits per heavy atom. The summed E-state index contributed by atoms with van der Waals surface area (Å²) in [6, 6.07) is 1.99. The van der Waals surface area contributed by atoms with E-state index in [2.05, 4.69) is 14.2 Å². The van der Waals surface area contributed by atoms with E-state index in [9.17, 15) is 0 Å². The molecule has 1 saturated carbocycles. The van der Waals surface area contributed by atoms with Gasteiger partial charge in [0.05, 0.1) is 0 Å². The van der Waals surface area contributed by atoms with Crippen LogP contribution in [0.15, 0.2) is 6.07 Å². The smallest absolute Gasteiger partial charge is 0.139 e. The zero-order chi connectivity index (χ0) is 11.0. The van der Waals surface area contributed by atoms with Crippen molar-refractivity contribution in [3.05, 3.63) is 6.07 Å². The highest BCUT2D eigenvalue weighted by Gasteiger charge is 2.26. The molecule has 2 N–H and O–H groups in total. The van der Waals surface area contributed by atoms with E-state index in [-0.39, 0.29) is 0 Å². The first kappa shape index (κ1) is 10.4. The molecule has 5 heteroatoms. The van der Waals surface area contributed by atoms with Gasteiger partial charge in [0.15, 0.2) is 0 Å². The Morgan fingerprint density at radius 3 is 2.62 bits per heavy atom. The van der Waals surface area contributed by atoms with Crippen molar-refractivity contribution >= 4 is 22.4 Å². The van der Waals surface area contributed by atoms with Crippen molar-refractivity contribution in [3.63, 3.8) is 0 Å². The van der Waals surface area contributed by atoms with Crippen molar-refractivity contribution in [1.82, 2.24) is 9.27 Å². The molecule has 1 aromatic rings. The van der Waals surface area contributed by atoms with Crippen LogP contribution < -0.4 is 10.6 Å². The lowest BCUT2D eigenvalue weighted by molar-refractivity contribution is 0.248. The summed E-state index contributed by atoms with van der Waals surface area (Å²) in [7, 11) is 0. The Morgan fingerprint density at radius 1 is 1.31 bits per heavy atom. The number of piperazine rings is 1. The lowest BCUT2D eigenvalue weighted by atomic mass is 10.3. The molecule has 88 valence electrons. The van der Waals surface area contributed by atoms with Gasteiger partial charge in [-0.25, -0.2) is 0 Å². The van der Waals surface area contributed by atoms with Crippen LogP contribution in [-0.2, 0) is 0 Å². The van der Waals surface area contributed by atoms with E-state index in [0.29, 0.717) is 5.82 Å². The molecule has 0 atom stereocenters. The van der Waals surface area contributed by atoms with E-state index in [0.717, 1.165) is 19.0 Å². The highest BCUT2D eigenvalue weighted by atomic mass is 32.1. The number of nitrogens with two attached hydrogens (primary N) is 1. The molecule has 3 rings (SSSR count). The van der Waals surface area contributed by atoms with Crippen LogP contribution in [0.4, 0.5) is 10.8 Å². The van der Waals surface area contributed by atoms with Crippen molar-refractivity contribution in [2.24, 2.45) is 5.92 Å². The van der Waals surface area contributed by atoms with Crippen LogP contribution in [0.1, 0.15) is 12.8 Å². The average molecular weight is 238 g/mol. The minimum absolute atomic E-state index is 0.653. The molecule has 0 aromatic carbocycles. The van der Waals surface area contributed by atoms with E-state index in [1.807, 2.05) is 6.07 Å². The van der Waals surface area contributed by atoms with Gasteiger partial charge >= 0.3 is 0 Å². The van der Waals surface area contributed by atoms with Gasteiger partial charge in [-0.15, -0.1) is 0 Å². The molecule has 0 amide bonds. The van der Waals surface area contributed by atoms with Gasteiger partial charge in [0.2, 0.25) is 0 Å². The summed E-state index contributed by atoms with van der Waals surface area (Å²) >= 11 is 1.52. The van der Waals surface area contributed by atoms with Gasteiger partial charge < -0.3 is 10.6 Å². The maximum absolute atomic E-state index is 5.65. The molecule has 0 unspecified atom stereocenters. The van der Waals surface area contributed by atoms with Gasteiger partial charge in [0.25, 0.3) is 0 Å². The van der Waals surface area contributed by atoms with Gasteiger partial charge in [0, 0.05) is 38.8 Å². The number of nitrogens with zero attached hydrogens (tertiary/aromatic N) is 3. The Hall–Kier alpha value is -0.810. The number of hydrogen-bond acceptors (Lipinski definition) is 5. The largest absolute Gasteiger partial charge is 0.383 e. The normalized spacial score (nSPS) is 22.6. The number of nitrogen functional groups attached to an aromatic ring is 1. The number of rotatable bonds is 3. The number of hydrogen-bond donors (Lipinski definition) is 1. The molecule has 1 aliphatic carbocycles. The Balaban J connectivity index is 1.53. The topological polar surface area (TPSA) is 45.4 Å². The SMILES string of the molecule is Nc1cc(N2CCN(CC3CC3)CC2)sn1. The average Bonchev–Trinajstić information content (AvgIpc) is 3.00. The molecular formula is C11H18N4S. The highest BCUT2D eigenvalue weighted by Crippen LogP contribution is 2.30.